The van der Waals surface area contributed by atoms with Crippen molar-refractivity contribution in [3.05, 3.63) is 53.6 Å². The first-order valence-corrected chi connectivity index (χ1v) is 7.94. The van der Waals surface area contributed by atoms with Crippen LogP contribution in [0.4, 0.5) is 17.1 Å². The van der Waals surface area contributed by atoms with Gasteiger partial charge in [-0.25, -0.2) is 0 Å². The van der Waals surface area contributed by atoms with Gasteiger partial charge < -0.3 is 15.5 Å². The highest BCUT2D eigenvalue weighted by Gasteiger charge is 2.16. The maximum atomic E-state index is 12.2. The molecule has 0 atom stereocenters. The van der Waals surface area contributed by atoms with Gasteiger partial charge in [0.1, 0.15) is 6.54 Å². The molecule has 2 aromatic carbocycles. The summed E-state index contributed by atoms with van der Waals surface area (Å²) in [4.78, 5) is 36.4. The molecule has 0 aliphatic heterocycles. The molecule has 6 nitrogen and oxygen atoms in total. The van der Waals surface area contributed by atoms with E-state index in [4.69, 9.17) is 11.6 Å². The van der Waals surface area contributed by atoms with Crippen LogP contribution in [0.1, 0.15) is 13.8 Å². The van der Waals surface area contributed by atoms with E-state index in [-0.39, 0.29) is 24.3 Å². The van der Waals surface area contributed by atoms with Crippen molar-refractivity contribution >= 4 is 46.4 Å². The number of carbonyl (C=O) groups is 3. The third kappa shape index (κ3) is 5.61. The van der Waals surface area contributed by atoms with Gasteiger partial charge in [-0.05, 0) is 48.5 Å². The lowest BCUT2D eigenvalue weighted by molar-refractivity contribution is -0.120. The topological polar surface area (TPSA) is 78.5 Å². The zero-order valence-electron chi connectivity index (χ0n) is 13.9. The Hall–Kier alpha value is -2.86. The highest BCUT2D eigenvalue weighted by Crippen LogP contribution is 2.19. The molecule has 0 fully saturated rings. The quantitative estimate of drug-likeness (QED) is 0.859. The van der Waals surface area contributed by atoms with Crippen LogP contribution in [0.5, 0.6) is 0 Å². The lowest BCUT2D eigenvalue weighted by Crippen LogP contribution is -2.36. The Bertz CT molecular complexity index is 773. The minimum absolute atomic E-state index is 0.121. The number of rotatable bonds is 5. The summed E-state index contributed by atoms with van der Waals surface area (Å²) in [5.74, 6) is -0.757. The standard InChI is InChI=1S/C18H18ClN3O3/c1-12(23)20-15-5-7-16(8-6-15)21-18(25)11-22(13(2)24)17-9-3-14(19)4-10-17/h3-10H,11H2,1-2H3,(H,20,23)(H,21,25). The van der Waals surface area contributed by atoms with E-state index < -0.39 is 0 Å². The average Bonchev–Trinajstić information content (AvgIpc) is 2.55. The van der Waals surface area contributed by atoms with Crippen LogP contribution >= 0.6 is 11.6 Å². The summed E-state index contributed by atoms with van der Waals surface area (Å²) >= 11 is 5.84. The summed E-state index contributed by atoms with van der Waals surface area (Å²) in [5, 5.41) is 5.91. The second-order valence-corrected chi connectivity index (χ2v) is 5.82. The van der Waals surface area contributed by atoms with E-state index in [0.29, 0.717) is 22.1 Å². The molecule has 7 heteroatoms. The number of amides is 3. The van der Waals surface area contributed by atoms with Gasteiger partial charge in [0.2, 0.25) is 17.7 Å². The molecule has 0 aromatic heterocycles. The first-order valence-electron chi connectivity index (χ1n) is 7.56. The minimum atomic E-state index is -0.336. The van der Waals surface area contributed by atoms with Crippen molar-refractivity contribution in [3.63, 3.8) is 0 Å². The van der Waals surface area contributed by atoms with Crippen LogP contribution in [-0.4, -0.2) is 24.3 Å². The van der Waals surface area contributed by atoms with Gasteiger partial charge in [0.25, 0.3) is 0 Å². The molecule has 3 amide bonds. The minimum Gasteiger partial charge on any atom is -0.326 e. The fourth-order valence-electron chi connectivity index (χ4n) is 2.19. The summed E-state index contributed by atoms with van der Waals surface area (Å²) in [5.41, 5.74) is 1.80. The van der Waals surface area contributed by atoms with Gasteiger partial charge in [-0.2, -0.15) is 0 Å². The van der Waals surface area contributed by atoms with Gasteiger partial charge >= 0.3 is 0 Å². The fraction of sp³-hybridized carbons (Fsp3) is 0.167. The highest BCUT2D eigenvalue weighted by molar-refractivity contribution is 6.30. The number of anilines is 3. The zero-order chi connectivity index (χ0) is 18.4. The van der Waals surface area contributed by atoms with Crippen molar-refractivity contribution in [1.82, 2.24) is 0 Å². The molecule has 0 aliphatic carbocycles. The molecule has 2 N–H and O–H groups in total. The molecule has 0 unspecified atom stereocenters. The highest BCUT2D eigenvalue weighted by atomic mass is 35.5. The van der Waals surface area contributed by atoms with E-state index >= 15 is 0 Å². The van der Waals surface area contributed by atoms with Gasteiger partial charge in [-0.3, -0.25) is 14.4 Å². The average molecular weight is 360 g/mol. The van der Waals surface area contributed by atoms with Gasteiger partial charge in [0.05, 0.1) is 0 Å². The Balaban J connectivity index is 2.02. The van der Waals surface area contributed by atoms with Crippen LogP contribution < -0.4 is 15.5 Å². The summed E-state index contributed by atoms with van der Waals surface area (Å²) in [6, 6.07) is 13.4. The van der Waals surface area contributed by atoms with E-state index in [2.05, 4.69) is 10.6 Å². The monoisotopic (exact) mass is 359 g/mol. The van der Waals surface area contributed by atoms with Gasteiger partial charge in [-0.15, -0.1) is 0 Å². The fourth-order valence-corrected chi connectivity index (χ4v) is 2.32. The van der Waals surface area contributed by atoms with Gasteiger partial charge in [-0.1, -0.05) is 11.6 Å². The molecule has 0 heterocycles. The first kappa shape index (κ1) is 18.5. The predicted molar refractivity (Wildman–Crippen MR) is 98.9 cm³/mol. The molecule has 0 radical (unpaired) electrons. The van der Waals surface area contributed by atoms with Crippen LogP contribution in [-0.2, 0) is 14.4 Å². The van der Waals surface area contributed by atoms with E-state index in [9.17, 15) is 14.4 Å². The third-order valence-corrected chi connectivity index (χ3v) is 3.56. The SMILES string of the molecule is CC(=O)Nc1ccc(NC(=O)CN(C(C)=O)c2ccc(Cl)cc2)cc1. The molecule has 0 saturated carbocycles. The molecule has 0 bridgehead atoms. The second-order valence-electron chi connectivity index (χ2n) is 5.39. The van der Waals surface area contributed by atoms with Gasteiger partial charge in [0, 0.05) is 35.9 Å². The van der Waals surface area contributed by atoms with Gasteiger partial charge in [0.15, 0.2) is 0 Å². The Kier molecular flexibility index (Phi) is 6.14. The molecular formula is C18H18ClN3O3. The van der Waals surface area contributed by atoms with E-state index in [1.54, 1.807) is 48.5 Å². The summed E-state index contributed by atoms with van der Waals surface area (Å²) in [6.07, 6.45) is 0. The summed E-state index contributed by atoms with van der Waals surface area (Å²) in [7, 11) is 0. The van der Waals surface area contributed by atoms with E-state index in [0.717, 1.165) is 0 Å². The second kappa shape index (κ2) is 8.30. The number of carbonyl (C=O) groups excluding carboxylic acids is 3. The van der Waals surface area contributed by atoms with Crippen LogP contribution in [0.2, 0.25) is 5.02 Å². The molecule has 130 valence electrons. The Morgan fingerprint density at radius 3 is 1.88 bits per heavy atom. The number of hydrogen-bond acceptors (Lipinski definition) is 3. The molecule has 0 spiro atoms. The maximum absolute atomic E-state index is 12.2. The predicted octanol–water partition coefficient (Wildman–Crippen LogP) is 3.29. The largest absolute Gasteiger partial charge is 0.326 e. The molecule has 0 aliphatic rings. The molecule has 2 rings (SSSR count). The van der Waals surface area contributed by atoms with E-state index in [1.807, 2.05) is 0 Å². The molecule has 2 aromatic rings. The summed E-state index contributed by atoms with van der Waals surface area (Å²) in [6.45, 7) is 2.69. The zero-order valence-corrected chi connectivity index (χ0v) is 14.6. The third-order valence-electron chi connectivity index (χ3n) is 3.31. The normalized spacial score (nSPS) is 10.0. The number of halogens is 1. The Morgan fingerprint density at radius 2 is 1.40 bits per heavy atom. The molecule has 0 saturated heterocycles. The lowest BCUT2D eigenvalue weighted by atomic mass is 10.2. The lowest BCUT2D eigenvalue weighted by Gasteiger charge is -2.20. The van der Waals surface area contributed by atoms with Crippen molar-refractivity contribution in [2.75, 3.05) is 22.1 Å². The number of benzene rings is 2. The van der Waals surface area contributed by atoms with Crippen molar-refractivity contribution in [2.45, 2.75) is 13.8 Å². The van der Waals surface area contributed by atoms with Crippen LogP contribution in [0.15, 0.2) is 48.5 Å². The number of nitrogens with one attached hydrogen (secondary N) is 2. The number of nitrogens with zero attached hydrogens (tertiary/aromatic N) is 1. The Morgan fingerprint density at radius 1 is 0.880 bits per heavy atom. The summed E-state index contributed by atoms with van der Waals surface area (Å²) < 4.78 is 0. The number of hydrogen-bond donors (Lipinski definition) is 2. The van der Waals surface area contributed by atoms with Crippen molar-refractivity contribution in [2.24, 2.45) is 0 Å². The molecule has 25 heavy (non-hydrogen) atoms. The maximum Gasteiger partial charge on any atom is 0.244 e. The van der Waals surface area contributed by atoms with Crippen LogP contribution in [0, 0.1) is 0 Å². The van der Waals surface area contributed by atoms with Crippen molar-refractivity contribution < 1.29 is 14.4 Å². The Labute approximate surface area is 150 Å². The van der Waals surface area contributed by atoms with Crippen LogP contribution in [0.25, 0.3) is 0 Å². The van der Waals surface area contributed by atoms with Crippen molar-refractivity contribution in [1.29, 1.82) is 0 Å². The van der Waals surface area contributed by atoms with Crippen LogP contribution in [0.3, 0.4) is 0 Å². The van der Waals surface area contributed by atoms with E-state index in [1.165, 1.54) is 18.7 Å². The molecular weight excluding hydrogens is 342 g/mol. The first-order chi connectivity index (χ1) is 11.8. The van der Waals surface area contributed by atoms with Crippen molar-refractivity contribution in [3.8, 4) is 0 Å². The smallest absolute Gasteiger partial charge is 0.244 e.